The van der Waals surface area contributed by atoms with Gasteiger partial charge in [-0.3, -0.25) is 0 Å². The summed E-state index contributed by atoms with van der Waals surface area (Å²) in [4.78, 5) is 47.5. The first-order chi connectivity index (χ1) is 23.3. The third kappa shape index (κ3) is 7.68. The summed E-state index contributed by atoms with van der Waals surface area (Å²) in [7, 11) is 0.994. The molecule has 12 unspecified atom stereocenters. The molecule has 0 bridgehead atoms. The van der Waals surface area contributed by atoms with Gasteiger partial charge in [-0.1, -0.05) is 0 Å². The molecule has 25 nitrogen and oxygen atoms in total. The van der Waals surface area contributed by atoms with E-state index in [0.717, 1.165) is 7.11 Å². The lowest BCUT2D eigenvalue weighted by Gasteiger charge is -2.47. The van der Waals surface area contributed by atoms with Crippen molar-refractivity contribution in [3.05, 3.63) is 0 Å². The molecular formula is C25H36O25. The zero-order chi connectivity index (χ0) is 37.5. The van der Waals surface area contributed by atoms with E-state index >= 15 is 0 Å². The molecule has 0 aromatic carbocycles. The molecule has 4 saturated heterocycles. The second-order valence-electron chi connectivity index (χ2n) is 11.5. The van der Waals surface area contributed by atoms with Crippen LogP contribution in [0.1, 0.15) is 0 Å². The summed E-state index contributed by atoms with van der Waals surface area (Å²) in [6.07, 6.45) is -44.4. The Balaban J connectivity index is 1.51. The third-order valence-electron chi connectivity index (χ3n) is 8.32. The fourth-order valence-corrected chi connectivity index (χ4v) is 5.68. The lowest BCUT2D eigenvalue weighted by atomic mass is 9.95. The molecule has 4 aliphatic rings. The lowest BCUT2D eigenvalue weighted by Crippen LogP contribution is -2.68. The second kappa shape index (κ2) is 15.8. The Morgan fingerprint density at radius 1 is 0.400 bits per heavy atom. The number of ether oxygens (including phenoxy) is 8. The van der Waals surface area contributed by atoms with Crippen LogP contribution in [0.5, 0.6) is 0 Å². The van der Waals surface area contributed by atoms with Gasteiger partial charge in [0.2, 0.25) is 0 Å². The van der Waals surface area contributed by atoms with Crippen molar-refractivity contribution in [3.8, 4) is 0 Å². The van der Waals surface area contributed by atoms with Crippen LogP contribution in [0.4, 0.5) is 0 Å². The molecule has 4 fully saturated rings. The van der Waals surface area contributed by atoms with Crippen molar-refractivity contribution in [3.63, 3.8) is 0 Å². The molecule has 4 aliphatic heterocycles. The van der Waals surface area contributed by atoms with E-state index in [-0.39, 0.29) is 0 Å². The zero-order valence-corrected chi connectivity index (χ0v) is 25.3. The van der Waals surface area contributed by atoms with Crippen LogP contribution in [-0.4, -0.2) is 220 Å². The second-order valence-corrected chi connectivity index (χ2v) is 11.5. The van der Waals surface area contributed by atoms with Crippen molar-refractivity contribution in [2.45, 2.75) is 123 Å². The Kier molecular flexibility index (Phi) is 12.7. The first kappa shape index (κ1) is 40.0. The number of hydrogen-bond donors (Lipinski definition) is 13. The summed E-state index contributed by atoms with van der Waals surface area (Å²) in [5.74, 6) is -7.45. The van der Waals surface area contributed by atoms with E-state index in [0.29, 0.717) is 0 Å². The van der Waals surface area contributed by atoms with Crippen LogP contribution in [0.25, 0.3) is 0 Å². The molecule has 0 amide bonds. The van der Waals surface area contributed by atoms with Crippen LogP contribution < -0.4 is 0 Å². The largest absolute Gasteiger partial charge is 0.479 e. The van der Waals surface area contributed by atoms with Crippen molar-refractivity contribution in [2.75, 3.05) is 7.11 Å². The highest BCUT2D eigenvalue weighted by Gasteiger charge is 2.58. The Labute approximate surface area is 277 Å². The average Bonchev–Trinajstić information content (AvgIpc) is 3.05. The van der Waals surface area contributed by atoms with Crippen LogP contribution in [0.2, 0.25) is 0 Å². The quantitative estimate of drug-likeness (QED) is 0.0936. The van der Waals surface area contributed by atoms with E-state index < -0.39 is 147 Å². The van der Waals surface area contributed by atoms with Gasteiger partial charge in [-0.15, -0.1) is 0 Å². The summed E-state index contributed by atoms with van der Waals surface area (Å²) in [5, 5.41) is 132. The minimum Gasteiger partial charge on any atom is -0.479 e. The fourth-order valence-electron chi connectivity index (χ4n) is 5.68. The van der Waals surface area contributed by atoms with Crippen molar-refractivity contribution < 1.29 is 123 Å². The summed E-state index contributed by atoms with van der Waals surface area (Å²) in [5.41, 5.74) is 0. The summed E-state index contributed by atoms with van der Waals surface area (Å²) >= 11 is 0. The topological polar surface area (TPSA) is 405 Å². The molecule has 0 aromatic rings. The van der Waals surface area contributed by atoms with Crippen LogP contribution >= 0.6 is 0 Å². The van der Waals surface area contributed by atoms with Gasteiger partial charge in [0, 0.05) is 7.11 Å². The van der Waals surface area contributed by atoms with Gasteiger partial charge in [0.15, 0.2) is 49.6 Å². The van der Waals surface area contributed by atoms with E-state index in [1.54, 1.807) is 0 Å². The smallest absolute Gasteiger partial charge is 0.335 e. The number of methoxy groups -OCH3 is 1. The van der Waals surface area contributed by atoms with E-state index in [9.17, 15) is 85.6 Å². The van der Waals surface area contributed by atoms with E-state index in [1.165, 1.54) is 0 Å². The molecule has 50 heavy (non-hydrogen) atoms. The highest BCUT2D eigenvalue weighted by Crippen LogP contribution is 2.34. The third-order valence-corrected chi connectivity index (χ3v) is 8.32. The van der Waals surface area contributed by atoms with Crippen LogP contribution in [0, 0.1) is 0 Å². The lowest BCUT2D eigenvalue weighted by molar-refractivity contribution is -0.378. The maximum Gasteiger partial charge on any atom is 0.335 e. The van der Waals surface area contributed by atoms with Crippen LogP contribution in [0.15, 0.2) is 0 Å². The first-order valence-corrected chi connectivity index (χ1v) is 14.5. The van der Waals surface area contributed by atoms with E-state index in [2.05, 4.69) is 4.74 Å². The van der Waals surface area contributed by atoms with Gasteiger partial charge >= 0.3 is 23.9 Å². The zero-order valence-electron chi connectivity index (χ0n) is 25.3. The summed E-state index contributed by atoms with van der Waals surface area (Å²) < 4.78 is 40.6. The molecular weight excluding hydrogens is 700 g/mol. The maximum atomic E-state index is 12.1. The predicted octanol–water partition coefficient (Wildman–Crippen LogP) is -8.73. The van der Waals surface area contributed by atoms with Gasteiger partial charge in [-0.25, -0.2) is 19.2 Å². The molecule has 25 heteroatoms. The molecule has 286 valence electrons. The van der Waals surface area contributed by atoms with E-state index in [1.807, 2.05) is 0 Å². The number of aliphatic carboxylic acids is 4. The van der Waals surface area contributed by atoms with E-state index in [4.69, 9.17) is 33.2 Å². The average molecular weight is 737 g/mol. The summed E-state index contributed by atoms with van der Waals surface area (Å²) in [6.45, 7) is 0. The monoisotopic (exact) mass is 736 g/mol. The minimum absolute atomic E-state index is 0.994. The molecule has 0 saturated carbocycles. The molecule has 0 aromatic heterocycles. The number of carboxylic acid groups (broad SMARTS) is 4. The number of carbonyl (C=O) groups is 4. The molecule has 0 spiro atoms. The fraction of sp³-hybridized carbons (Fsp3) is 0.840. The Bertz CT molecular complexity index is 1230. The van der Waals surface area contributed by atoms with Gasteiger partial charge in [0.25, 0.3) is 0 Å². The number of carboxylic acids is 4. The van der Waals surface area contributed by atoms with Crippen molar-refractivity contribution in [1.29, 1.82) is 0 Å². The first-order valence-electron chi connectivity index (χ1n) is 14.5. The molecule has 0 radical (unpaired) electrons. The van der Waals surface area contributed by atoms with Gasteiger partial charge in [-0.2, -0.15) is 0 Å². The SMILES string of the molecule is CO[C@H]1C(C(=O)O)O[C@H](O[C@H]2C(C(=O)O)O[C@H](O[C@H]3C(C(=O)O)O[C@H](O[C@H]4C(C(=O)O)O[C@H](O)C(O)C4O)C(O)C3O)C(O)C2O)C(O)C1O. The van der Waals surface area contributed by atoms with Crippen LogP contribution in [0.3, 0.4) is 0 Å². The van der Waals surface area contributed by atoms with Gasteiger partial charge in [0.05, 0.1) is 0 Å². The number of aliphatic hydroxyl groups excluding tert-OH is 9. The van der Waals surface area contributed by atoms with Crippen LogP contribution in [-0.2, 0) is 57.1 Å². The molecule has 0 aliphatic carbocycles. The normalized spacial score (nSPS) is 48.4. The summed E-state index contributed by atoms with van der Waals surface area (Å²) in [6, 6.07) is 0. The predicted molar refractivity (Wildman–Crippen MR) is 141 cm³/mol. The van der Waals surface area contributed by atoms with Gasteiger partial charge in [0.1, 0.15) is 73.2 Å². The van der Waals surface area contributed by atoms with Crippen molar-refractivity contribution >= 4 is 23.9 Å². The molecule has 13 N–H and O–H groups in total. The van der Waals surface area contributed by atoms with Gasteiger partial charge < -0.3 is 104 Å². The molecule has 20 atom stereocenters. The number of rotatable bonds is 11. The highest BCUT2D eigenvalue weighted by atomic mass is 16.8. The highest BCUT2D eigenvalue weighted by molar-refractivity contribution is 5.75. The molecule has 4 heterocycles. The Morgan fingerprint density at radius 2 is 0.660 bits per heavy atom. The van der Waals surface area contributed by atoms with Crippen molar-refractivity contribution in [2.24, 2.45) is 0 Å². The number of hydrogen-bond acceptors (Lipinski definition) is 21. The Morgan fingerprint density at radius 3 is 0.960 bits per heavy atom. The molecule has 4 rings (SSSR count). The number of aliphatic hydroxyl groups is 9. The standard InChI is InChI=1S/C25H36O25/c1-43-10-3(27)7(31)23(48-14(10)18(34)35)46-12-5(29)9(33)25(50-16(12)20(38)39)47-13-4(28)8(32)24(49-17(13)21(40)41)45-11-2(26)6(30)22(42)44-15(11)19(36)37/h2-17,22-33,42H,1H3,(H,34,35)(H,36,37)(H,38,39)(H,40,41)/t2?,3?,4?,5?,6?,7?,8?,9?,10-,11-,12-,13-,14?,15?,16?,17?,22+,23+,24+,25+/m1/s1. The van der Waals surface area contributed by atoms with Crippen molar-refractivity contribution in [1.82, 2.24) is 0 Å². The minimum atomic E-state index is -2.42. The van der Waals surface area contributed by atoms with Gasteiger partial charge in [-0.05, 0) is 0 Å². The Hall–Kier alpha value is -2.80. The maximum absolute atomic E-state index is 12.1.